The topological polar surface area (TPSA) is 89.8 Å². The summed E-state index contributed by atoms with van der Waals surface area (Å²) in [5.41, 5.74) is 1.49. The molecule has 2 aromatic carbocycles. The summed E-state index contributed by atoms with van der Waals surface area (Å²) in [4.78, 5) is 24.5. The average molecular weight is 430 g/mol. The van der Waals surface area contributed by atoms with Crippen molar-refractivity contribution in [1.29, 1.82) is 0 Å². The first-order valence-electron chi connectivity index (χ1n) is 9.31. The number of ether oxygens (including phenoxy) is 2. The Morgan fingerprint density at radius 3 is 2.58 bits per heavy atom. The number of anilines is 1. The highest BCUT2D eigenvalue weighted by atomic mass is 19.3. The number of carbonyl (C=O) groups is 2. The quantitative estimate of drug-likeness (QED) is 0.533. The Morgan fingerprint density at radius 2 is 1.87 bits per heavy atom. The fourth-order valence-corrected chi connectivity index (χ4v) is 2.83. The molecule has 2 N–H and O–H groups in total. The first-order valence-corrected chi connectivity index (χ1v) is 9.31. The second-order valence-electron chi connectivity index (χ2n) is 6.38. The van der Waals surface area contributed by atoms with Gasteiger partial charge in [0.25, 0.3) is 11.8 Å². The van der Waals surface area contributed by atoms with Crippen LogP contribution in [0.5, 0.6) is 11.5 Å². The van der Waals surface area contributed by atoms with Crippen LogP contribution in [-0.2, 0) is 6.42 Å². The van der Waals surface area contributed by atoms with E-state index in [0.29, 0.717) is 23.2 Å². The predicted octanol–water partition coefficient (Wildman–Crippen LogP) is 4.11. The van der Waals surface area contributed by atoms with E-state index in [1.807, 2.05) is 0 Å². The average Bonchev–Trinajstić information content (AvgIpc) is 3.29. The van der Waals surface area contributed by atoms with Crippen LogP contribution in [0, 0.1) is 0 Å². The third-order valence-corrected chi connectivity index (χ3v) is 4.27. The fourth-order valence-electron chi connectivity index (χ4n) is 2.83. The minimum absolute atomic E-state index is 0.0682. The zero-order chi connectivity index (χ0) is 22.2. The van der Waals surface area contributed by atoms with Crippen molar-refractivity contribution in [2.75, 3.05) is 19.0 Å². The second-order valence-corrected chi connectivity index (χ2v) is 6.38. The smallest absolute Gasteiger partial charge is 0.387 e. The van der Waals surface area contributed by atoms with Crippen LogP contribution in [0.15, 0.2) is 65.3 Å². The van der Waals surface area contributed by atoms with Crippen LogP contribution >= 0.6 is 0 Å². The highest BCUT2D eigenvalue weighted by Crippen LogP contribution is 2.29. The number of hydrogen-bond donors (Lipinski definition) is 2. The lowest BCUT2D eigenvalue weighted by atomic mass is 10.1. The monoisotopic (exact) mass is 430 g/mol. The Kier molecular flexibility index (Phi) is 7.21. The number of benzene rings is 2. The molecule has 7 nitrogen and oxygen atoms in total. The van der Waals surface area contributed by atoms with Crippen molar-refractivity contribution in [3.05, 3.63) is 77.7 Å². The van der Waals surface area contributed by atoms with Crippen LogP contribution in [0.1, 0.15) is 26.5 Å². The van der Waals surface area contributed by atoms with Crippen molar-refractivity contribution < 1.29 is 32.3 Å². The molecule has 0 saturated carbocycles. The number of nitrogens with one attached hydrogen (secondary N) is 2. The van der Waals surface area contributed by atoms with Crippen molar-refractivity contribution in [3.8, 4) is 11.5 Å². The number of rotatable bonds is 9. The molecular weight excluding hydrogens is 410 g/mol. The van der Waals surface area contributed by atoms with Gasteiger partial charge in [-0.1, -0.05) is 12.1 Å². The van der Waals surface area contributed by atoms with E-state index in [-0.39, 0.29) is 29.7 Å². The molecule has 0 aliphatic carbocycles. The molecule has 1 aromatic heterocycles. The Hall–Kier alpha value is -3.88. The maximum Gasteiger partial charge on any atom is 0.387 e. The van der Waals surface area contributed by atoms with Gasteiger partial charge >= 0.3 is 6.61 Å². The normalized spacial score (nSPS) is 10.6. The van der Waals surface area contributed by atoms with Crippen LogP contribution in [0.4, 0.5) is 14.5 Å². The number of furan rings is 1. The Labute approximate surface area is 177 Å². The maximum atomic E-state index is 12.5. The van der Waals surface area contributed by atoms with E-state index in [4.69, 9.17) is 9.15 Å². The standard InChI is InChI=1S/C22H20F2N2O5/c1-29-17-8-7-14(12-19(17)31-22(23)24)9-10-25-20(27)15-4-2-5-16(13-15)26-21(28)18-6-3-11-30-18/h2-8,11-13,22H,9-10H2,1H3,(H,25,27)(H,26,28). The molecule has 31 heavy (non-hydrogen) atoms. The molecule has 0 aliphatic rings. The molecule has 0 aliphatic heterocycles. The van der Waals surface area contributed by atoms with Crippen molar-refractivity contribution in [3.63, 3.8) is 0 Å². The van der Waals surface area contributed by atoms with Crippen molar-refractivity contribution in [1.82, 2.24) is 5.32 Å². The van der Waals surface area contributed by atoms with Gasteiger partial charge in [-0.2, -0.15) is 8.78 Å². The van der Waals surface area contributed by atoms with Gasteiger partial charge in [-0.25, -0.2) is 0 Å². The van der Waals surface area contributed by atoms with Gasteiger partial charge in [0.1, 0.15) is 0 Å². The highest BCUT2D eigenvalue weighted by molar-refractivity contribution is 6.03. The number of amides is 2. The first-order chi connectivity index (χ1) is 15.0. The molecule has 0 atom stereocenters. The predicted molar refractivity (Wildman–Crippen MR) is 109 cm³/mol. The number of methoxy groups -OCH3 is 1. The molecule has 3 rings (SSSR count). The van der Waals surface area contributed by atoms with E-state index in [1.165, 1.54) is 37.6 Å². The van der Waals surface area contributed by atoms with Crippen LogP contribution in [0.3, 0.4) is 0 Å². The lowest BCUT2D eigenvalue weighted by Gasteiger charge is -2.12. The summed E-state index contributed by atoms with van der Waals surface area (Å²) in [5.74, 6) is -0.483. The molecule has 0 saturated heterocycles. The Morgan fingerprint density at radius 1 is 1.03 bits per heavy atom. The van der Waals surface area contributed by atoms with Gasteiger partial charge < -0.3 is 24.5 Å². The lowest BCUT2D eigenvalue weighted by Crippen LogP contribution is -2.25. The summed E-state index contributed by atoms with van der Waals surface area (Å²) in [6, 6.07) is 14.3. The summed E-state index contributed by atoms with van der Waals surface area (Å²) in [7, 11) is 1.36. The van der Waals surface area contributed by atoms with Crippen LogP contribution in [-0.4, -0.2) is 32.1 Å². The van der Waals surface area contributed by atoms with Crippen molar-refractivity contribution in [2.45, 2.75) is 13.0 Å². The van der Waals surface area contributed by atoms with E-state index in [2.05, 4.69) is 15.4 Å². The van der Waals surface area contributed by atoms with Gasteiger partial charge in [0, 0.05) is 17.8 Å². The van der Waals surface area contributed by atoms with E-state index < -0.39 is 12.5 Å². The molecule has 1 heterocycles. The van der Waals surface area contributed by atoms with Crippen molar-refractivity contribution in [2.24, 2.45) is 0 Å². The second kappa shape index (κ2) is 10.2. The van der Waals surface area contributed by atoms with E-state index in [1.54, 1.807) is 30.3 Å². The largest absolute Gasteiger partial charge is 0.493 e. The van der Waals surface area contributed by atoms with Crippen molar-refractivity contribution >= 4 is 17.5 Å². The van der Waals surface area contributed by atoms with Gasteiger partial charge in [0.2, 0.25) is 0 Å². The van der Waals surface area contributed by atoms with Crippen LogP contribution < -0.4 is 20.1 Å². The Bertz CT molecular complexity index is 1040. The maximum absolute atomic E-state index is 12.5. The molecule has 0 fully saturated rings. The molecule has 0 radical (unpaired) electrons. The molecule has 3 aromatic rings. The molecule has 2 amide bonds. The van der Waals surface area contributed by atoms with Gasteiger partial charge in [-0.05, 0) is 54.4 Å². The lowest BCUT2D eigenvalue weighted by molar-refractivity contribution is -0.0512. The molecule has 162 valence electrons. The van der Waals surface area contributed by atoms with Gasteiger partial charge in [-0.3, -0.25) is 9.59 Å². The van der Waals surface area contributed by atoms with Crippen LogP contribution in [0.2, 0.25) is 0 Å². The molecule has 0 bridgehead atoms. The summed E-state index contributed by atoms with van der Waals surface area (Å²) >= 11 is 0. The van der Waals surface area contributed by atoms with Gasteiger partial charge in [-0.15, -0.1) is 0 Å². The van der Waals surface area contributed by atoms with E-state index in [0.717, 1.165) is 0 Å². The Balaban J connectivity index is 1.57. The van der Waals surface area contributed by atoms with E-state index in [9.17, 15) is 18.4 Å². The summed E-state index contributed by atoms with van der Waals surface area (Å²) in [6.45, 7) is -2.70. The van der Waals surface area contributed by atoms with E-state index >= 15 is 0 Å². The first kappa shape index (κ1) is 21.8. The fraction of sp³-hybridized carbons (Fsp3) is 0.182. The molecule has 0 spiro atoms. The number of carbonyl (C=O) groups excluding carboxylic acids is 2. The zero-order valence-electron chi connectivity index (χ0n) is 16.6. The third kappa shape index (κ3) is 6.05. The summed E-state index contributed by atoms with van der Waals surface area (Å²) in [6.07, 6.45) is 1.79. The number of halogens is 2. The van der Waals surface area contributed by atoms with Crippen LogP contribution in [0.25, 0.3) is 0 Å². The SMILES string of the molecule is COc1ccc(CCNC(=O)c2cccc(NC(=O)c3ccco3)c2)cc1OC(F)F. The highest BCUT2D eigenvalue weighted by Gasteiger charge is 2.13. The minimum atomic E-state index is -2.97. The summed E-state index contributed by atoms with van der Waals surface area (Å²) < 4.78 is 39.6. The zero-order valence-corrected chi connectivity index (χ0v) is 16.6. The minimum Gasteiger partial charge on any atom is -0.493 e. The number of alkyl halides is 2. The summed E-state index contributed by atoms with van der Waals surface area (Å²) in [5, 5.41) is 5.41. The molecule has 9 heteroatoms. The van der Waals surface area contributed by atoms with Gasteiger partial charge in [0.15, 0.2) is 17.3 Å². The van der Waals surface area contributed by atoms with Gasteiger partial charge in [0.05, 0.1) is 13.4 Å². The molecular formula is C22H20F2N2O5. The molecule has 0 unspecified atom stereocenters. The third-order valence-electron chi connectivity index (χ3n) is 4.27. The number of hydrogen-bond acceptors (Lipinski definition) is 5.